The van der Waals surface area contributed by atoms with Gasteiger partial charge in [0.2, 0.25) is 0 Å². The van der Waals surface area contributed by atoms with Gasteiger partial charge in [0, 0.05) is 17.7 Å². The van der Waals surface area contributed by atoms with Crippen LogP contribution in [-0.4, -0.2) is 44.5 Å². The number of amides is 1. The number of carbonyl (C=O) groups is 1. The normalized spacial score (nSPS) is 10.1. The first kappa shape index (κ1) is 17.2. The Kier molecular flexibility index (Phi) is 7.52. The molecule has 1 rings (SSSR count). The monoisotopic (exact) mass is 287 g/mol. The molecule has 1 aromatic carbocycles. The third-order valence-electron chi connectivity index (χ3n) is 3.13. The Morgan fingerprint density at radius 3 is 2.76 bits per heavy atom. The summed E-state index contributed by atoms with van der Waals surface area (Å²) in [6, 6.07) is 5.65. The molecule has 0 radical (unpaired) electrons. The molecule has 0 saturated carbocycles. The molecule has 4 heteroatoms. The molecule has 0 bridgehead atoms. The maximum atomic E-state index is 12.2. The number of hydrogen-bond donors (Lipinski definition) is 2. The van der Waals surface area contributed by atoms with Crippen molar-refractivity contribution in [1.82, 2.24) is 10.2 Å². The van der Waals surface area contributed by atoms with Crippen LogP contribution in [0.15, 0.2) is 18.2 Å². The molecule has 3 N–H and O–H groups in total. The van der Waals surface area contributed by atoms with E-state index in [2.05, 4.69) is 36.2 Å². The van der Waals surface area contributed by atoms with Crippen LogP contribution < -0.4 is 11.1 Å². The van der Waals surface area contributed by atoms with E-state index in [-0.39, 0.29) is 5.91 Å². The number of aryl methyl sites for hydroxylation is 1. The van der Waals surface area contributed by atoms with E-state index in [9.17, 15) is 4.79 Å². The Morgan fingerprint density at radius 1 is 1.33 bits per heavy atom. The van der Waals surface area contributed by atoms with Crippen LogP contribution >= 0.6 is 0 Å². The number of nitrogens with zero attached hydrogens (tertiary/aromatic N) is 1. The Morgan fingerprint density at radius 2 is 2.10 bits per heavy atom. The van der Waals surface area contributed by atoms with Crippen molar-refractivity contribution >= 4 is 5.91 Å². The van der Waals surface area contributed by atoms with Crippen LogP contribution in [-0.2, 0) is 0 Å². The number of nitrogens with two attached hydrogens (primary N) is 1. The Bertz CT molecular complexity index is 527. The van der Waals surface area contributed by atoms with E-state index in [0.29, 0.717) is 18.7 Å². The molecule has 0 saturated heterocycles. The molecule has 1 aromatic rings. The van der Waals surface area contributed by atoms with Gasteiger partial charge in [0.15, 0.2) is 0 Å². The second-order valence-corrected chi connectivity index (χ2v) is 5.30. The molecule has 21 heavy (non-hydrogen) atoms. The van der Waals surface area contributed by atoms with E-state index in [4.69, 9.17) is 5.73 Å². The topological polar surface area (TPSA) is 58.4 Å². The number of nitrogens with one attached hydrogen (secondary N) is 1. The predicted molar refractivity (Wildman–Crippen MR) is 87.2 cm³/mol. The summed E-state index contributed by atoms with van der Waals surface area (Å²) in [5, 5.41) is 2.97. The maximum absolute atomic E-state index is 12.2. The van der Waals surface area contributed by atoms with Crippen molar-refractivity contribution in [2.75, 3.05) is 33.7 Å². The highest BCUT2D eigenvalue weighted by molar-refractivity contribution is 5.96. The zero-order valence-electron chi connectivity index (χ0n) is 13.2. The lowest BCUT2D eigenvalue weighted by Crippen LogP contribution is -2.26. The van der Waals surface area contributed by atoms with E-state index < -0.39 is 0 Å². The minimum Gasteiger partial charge on any atom is -0.352 e. The van der Waals surface area contributed by atoms with Crippen molar-refractivity contribution in [1.29, 1.82) is 0 Å². The van der Waals surface area contributed by atoms with Gasteiger partial charge in [0.1, 0.15) is 0 Å². The molecule has 0 heterocycles. The van der Waals surface area contributed by atoms with Crippen LogP contribution in [0.1, 0.15) is 34.3 Å². The zero-order valence-corrected chi connectivity index (χ0v) is 13.2. The lowest BCUT2D eigenvalue weighted by molar-refractivity contribution is 0.0952. The first-order valence-corrected chi connectivity index (χ1v) is 7.27. The number of unbranched alkanes of at least 4 members (excludes halogenated alkanes) is 1. The van der Waals surface area contributed by atoms with Gasteiger partial charge in [-0.15, -0.1) is 0 Å². The molecular formula is C17H25N3O. The Labute approximate surface area is 127 Å². The summed E-state index contributed by atoms with van der Waals surface area (Å²) in [4.78, 5) is 14.3. The van der Waals surface area contributed by atoms with E-state index in [0.717, 1.165) is 30.5 Å². The van der Waals surface area contributed by atoms with E-state index >= 15 is 0 Å². The predicted octanol–water partition coefficient (Wildman–Crippen LogP) is 1.38. The fourth-order valence-electron chi connectivity index (χ4n) is 1.95. The number of hydrogen-bond acceptors (Lipinski definition) is 3. The molecule has 114 valence electrons. The van der Waals surface area contributed by atoms with Gasteiger partial charge < -0.3 is 16.0 Å². The molecule has 0 aliphatic heterocycles. The number of benzene rings is 1. The SMILES string of the molecule is Cc1ccc(C#CCN)cc1C(=O)NCCCCN(C)C. The number of carbonyl (C=O) groups excluding carboxylic acids is 1. The zero-order chi connectivity index (χ0) is 15.7. The minimum absolute atomic E-state index is 0.0336. The number of rotatable bonds is 6. The Hall–Kier alpha value is -1.83. The van der Waals surface area contributed by atoms with Crippen LogP contribution in [0.25, 0.3) is 0 Å². The molecule has 0 unspecified atom stereocenters. The fraction of sp³-hybridized carbons (Fsp3) is 0.471. The molecule has 0 fully saturated rings. The van der Waals surface area contributed by atoms with E-state index in [1.54, 1.807) is 0 Å². The fourth-order valence-corrected chi connectivity index (χ4v) is 1.95. The van der Waals surface area contributed by atoms with Gasteiger partial charge in [-0.25, -0.2) is 0 Å². The standard InChI is InChI=1S/C17H25N3O/c1-14-8-9-15(7-6-10-18)13-16(14)17(21)19-11-4-5-12-20(2)3/h8-9,13H,4-5,10-12,18H2,1-3H3,(H,19,21). The van der Waals surface area contributed by atoms with Gasteiger partial charge >= 0.3 is 0 Å². The van der Waals surface area contributed by atoms with Crippen LogP contribution in [0.2, 0.25) is 0 Å². The van der Waals surface area contributed by atoms with Crippen molar-refractivity contribution in [3.63, 3.8) is 0 Å². The van der Waals surface area contributed by atoms with Gasteiger partial charge in [-0.2, -0.15) is 0 Å². The maximum Gasteiger partial charge on any atom is 0.251 e. The molecular weight excluding hydrogens is 262 g/mol. The minimum atomic E-state index is -0.0336. The van der Waals surface area contributed by atoms with E-state index in [1.165, 1.54) is 0 Å². The summed E-state index contributed by atoms with van der Waals surface area (Å²) >= 11 is 0. The summed E-state index contributed by atoms with van der Waals surface area (Å²) < 4.78 is 0. The van der Waals surface area contributed by atoms with Gasteiger partial charge in [-0.3, -0.25) is 4.79 Å². The van der Waals surface area contributed by atoms with Crippen LogP contribution in [0.3, 0.4) is 0 Å². The summed E-state index contributed by atoms with van der Waals surface area (Å²) in [5.41, 5.74) is 7.83. The third kappa shape index (κ3) is 6.44. The van der Waals surface area contributed by atoms with Crippen LogP contribution in [0, 0.1) is 18.8 Å². The molecule has 0 atom stereocenters. The second-order valence-electron chi connectivity index (χ2n) is 5.30. The first-order valence-electron chi connectivity index (χ1n) is 7.27. The van der Waals surface area contributed by atoms with Crippen molar-refractivity contribution in [3.05, 3.63) is 34.9 Å². The summed E-state index contributed by atoms with van der Waals surface area (Å²) in [7, 11) is 4.10. The van der Waals surface area contributed by atoms with Crippen molar-refractivity contribution in [2.24, 2.45) is 5.73 Å². The first-order chi connectivity index (χ1) is 10.0. The largest absolute Gasteiger partial charge is 0.352 e. The third-order valence-corrected chi connectivity index (χ3v) is 3.13. The average molecular weight is 287 g/mol. The summed E-state index contributed by atoms with van der Waals surface area (Å²) in [5.74, 6) is 5.72. The molecule has 4 nitrogen and oxygen atoms in total. The van der Waals surface area contributed by atoms with Crippen molar-refractivity contribution < 1.29 is 4.79 Å². The highest BCUT2D eigenvalue weighted by Gasteiger charge is 2.08. The van der Waals surface area contributed by atoms with Gasteiger partial charge in [0.05, 0.1) is 6.54 Å². The molecule has 0 aliphatic rings. The van der Waals surface area contributed by atoms with E-state index in [1.807, 2.05) is 25.1 Å². The molecule has 0 spiro atoms. The quantitative estimate of drug-likeness (QED) is 0.614. The highest BCUT2D eigenvalue weighted by atomic mass is 16.1. The van der Waals surface area contributed by atoms with Gasteiger partial charge in [-0.1, -0.05) is 17.9 Å². The smallest absolute Gasteiger partial charge is 0.251 e. The second kappa shape index (κ2) is 9.17. The molecule has 1 amide bonds. The lowest BCUT2D eigenvalue weighted by atomic mass is 10.0. The van der Waals surface area contributed by atoms with Crippen molar-refractivity contribution in [3.8, 4) is 11.8 Å². The summed E-state index contributed by atoms with van der Waals surface area (Å²) in [6.07, 6.45) is 2.06. The van der Waals surface area contributed by atoms with Gasteiger partial charge in [-0.05, 0) is 58.1 Å². The highest BCUT2D eigenvalue weighted by Crippen LogP contribution is 2.10. The molecule has 0 aromatic heterocycles. The average Bonchev–Trinajstić information content (AvgIpc) is 2.45. The van der Waals surface area contributed by atoms with Crippen molar-refractivity contribution in [2.45, 2.75) is 19.8 Å². The van der Waals surface area contributed by atoms with Crippen LogP contribution in [0.5, 0.6) is 0 Å². The van der Waals surface area contributed by atoms with Gasteiger partial charge in [0.25, 0.3) is 5.91 Å². The Balaban J connectivity index is 2.57. The summed E-state index contributed by atoms with van der Waals surface area (Å²) in [6.45, 7) is 3.99. The molecule has 0 aliphatic carbocycles. The lowest BCUT2D eigenvalue weighted by Gasteiger charge is -2.10. The van der Waals surface area contributed by atoms with Crippen LogP contribution in [0.4, 0.5) is 0 Å².